The fourth-order valence-corrected chi connectivity index (χ4v) is 3.95. The molecular formula is C23H29N3O4. The molecule has 2 heterocycles. The van der Waals surface area contributed by atoms with Crippen LogP contribution >= 0.6 is 0 Å². The van der Waals surface area contributed by atoms with Crippen LogP contribution in [0, 0.1) is 6.92 Å². The van der Waals surface area contributed by atoms with E-state index >= 15 is 0 Å². The molecule has 0 spiro atoms. The lowest BCUT2D eigenvalue weighted by Crippen LogP contribution is -2.50. The number of methoxy groups -OCH3 is 1. The van der Waals surface area contributed by atoms with Gasteiger partial charge in [0.25, 0.3) is 0 Å². The first-order valence-corrected chi connectivity index (χ1v) is 10.3. The van der Waals surface area contributed by atoms with E-state index in [2.05, 4.69) is 17.0 Å². The summed E-state index contributed by atoms with van der Waals surface area (Å²) in [6, 6.07) is 12.1. The Morgan fingerprint density at radius 3 is 2.57 bits per heavy atom. The standard InChI is InChI=1S/C23H29N3O4/c1-17-12-19(5-7-20(17)28-3)24(2)15-23(27)26-10-8-25(9-11-26)14-18-4-6-21-22(13-18)30-16-29-21/h4-7,12-13H,8-11,14-16H2,1-3H3. The second-order valence-corrected chi connectivity index (χ2v) is 7.85. The number of amides is 1. The van der Waals surface area contributed by atoms with Crippen molar-refractivity contribution < 1.29 is 19.0 Å². The van der Waals surface area contributed by atoms with Crippen molar-refractivity contribution in [2.24, 2.45) is 0 Å². The summed E-state index contributed by atoms with van der Waals surface area (Å²) in [6.07, 6.45) is 0. The van der Waals surface area contributed by atoms with Gasteiger partial charge in [-0.1, -0.05) is 6.07 Å². The molecule has 0 aromatic heterocycles. The summed E-state index contributed by atoms with van der Waals surface area (Å²) in [5.41, 5.74) is 3.28. The predicted molar refractivity (Wildman–Crippen MR) is 115 cm³/mol. The highest BCUT2D eigenvalue weighted by Gasteiger charge is 2.23. The highest BCUT2D eigenvalue weighted by molar-refractivity contribution is 5.81. The van der Waals surface area contributed by atoms with Gasteiger partial charge in [-0.25, -0.2) is 0 Å². The number of nitrogens with zero attached hydrogens (tertiary/aromatic N) is 3. The van der Waals surface area contributed by atoms with Crippen molar-refractivity contribution in [2.75, 3.05) is 58.6 Å². The minimum absolute atomic E-state index is 0.161. The summed E-state index contributed by atoms with van der Waals surface area (Å²) in [5, 5.41) is 0. The Balaban J connectivity index is 1.27. The summed E-state index contributed by atoms with van der Waals surface area (Å²) >= 11 is 0. The molecule has 0 aliphatic carbocycles. The maximum atomic E-state index is 12.8. The molecule has 160 valence electrons. The third-order valence-corrected chi connectivity index (χ3v) is 5.76. The van der Waals surface area contributed by atoms with E-state index in [9.17, 15) is 4.79 Å². The van der Waals surface area contributed by atoms with E-state index in [1.165, 1.54) is 5.56 Å². The lowest BCUT2D eigenvalue weighted by molar-refractivity contribution is -0.131. The molecule has 0 bridgehead atoms. The molecular weight excluding hydrogens is 382 g/mol. The molecule has 0 N–H and O–H groups in total. The zero-order valence-corrected chi connectivity index (χ0v) is 17.9. The fraction of sp³-hybridized carbons (Fsp3) is 0.435. The van der Waals surface area contributed by atoms with E-state index in [0.717, 1.165) is 61.2 Å². The summed E-state index contributed by atoms with van der Waals surface area (Å²) in [7, 11) is 3.62. The first-order valence-electron chi connectivity index (χ1n) is 10.3. The van der Waals surface area contributed by atoms with Crippen molar-refractivity contribution >= 4 is 11.6 Å². The number of likely N-dealkylation sites (N-methyl/N-ethyl adjacent to an activating group) is 1. The Morgan fingerprint density at radius 2 is 1.83 bits per heavy atom. The zero-order chi connectivity index (χ0) is 21.1. The highest BCUT2D eigenvalue weighted by Crippen LogP contribution is 2.32. The number of ether oxygens (including phenoxy) is 3. The number of piperazine rings is 1. The molecule has 1 amide bonds. The Morgan fingerprint density at radius 1 is 1.07 bits per heavy atom. The molecule has 7 nitrogen and oxygen atoms in total. The van der Waals surface area contributed by atoms with Crippen LogP contribution in [-0.2, 0) is 11.3 Å². The molecule has 0 atom stereocenters. The molecule has 0 unspecified atom stereocenters. The van der Waals surface area contributed by atoms with Crippen molar-refractivity contribution in [3.05, 3.63) is 47.5 Å². The van der Waals surface area contributed by atoms with Crippen molar-refractivity contribution in [3.63, 3.8) is 0 Å². The molecule has 0 radical (unpaired) electrons. The minimum Gasteiger partial charge on any atom is -0.496 e. The Kier molecular flexibility index (Phi) is 5.99. The van der Waals surface area contributed by atoms with E-state index in [-0.39, 0.29) is 5.91 Å². The zero-order valence-electron chi connectivity index (χ0n) is 17.9. The maximum absolute atomic E-state index is 12.8. The SMILES string of the molecule is COc1ccc(N(C)CC(=O)N2CCN(Cc3ccc4c(c3)OCO4)CC2)cc1C. The van der Waals surface area contributed by atoms with Crippen LogP contribution < -0.4 is 19.1 Å². The van der Waals surface area contributed by atoms with Gasteiger partial charge < -0.3 is 24.0 Å². The number of fused-ring (bicyclic) bond motifs is 1. The topological polar surface area (TPSA) is 54.5 Å². The number of rotatable bonds is 6. The van der Waals surface area contributed by atoms with Crippen LogP contribution in [0.4, 0.5) is 5.69 Å². The summed E-state index contributed by atoms with van der Waals surface area (Å²) < 4.78 is 16.2. The fourth-order valence-electron chi connectivity index (χ4n) is 3.95. The molecule has 2 aliphatic rings. The molecule has 2 aliphatic heterocycles. The van der Waals surface area contributed by atoms with Crippen molar-refractivity contribution in [1.29, 1.82) is 0 Å². The van der Waals surface area contributed by atoms with E-state index < -0.39 is 0 Å². The third kappa shape index (κ3) is 4.46. The first-order chi connectivity index (χ1) is 14.5. The lowest BCUT2D eigenvalue weighted by atomic mass is 10.1. The molecule has 7 heteroatoms. The molecule has 30 heavy (non-hydrogen) atoms. The van der Waals surface area contributed by atoms with Crippen LogP contribution in [0.1, 0.15) is 11.1 Å². The van der Waals surface area contributed by atoms with Gasteiger partial charge in [0, 0.05) is 45.5 Å². The summed E-state index contributed by atoms with van der Waals surface area (Å²) in [4.78, 5) is 19.1. The number of benzene rings is 2. The Bertz CT molecular complexity index is 909. The number of carbonyl (C=O) groups is 1. The van der Waals surface area contributed by atoms with Gasteiger partial charge in [0.05, 0.1) is 13.7 Å². The second-order valence-electron chi connectivity index (χ2n) is 7.85. The average molecular weight is 412 g/mol. The number of hydrogen-bond donors (Lipinski definition) is 0. The van der Waals surface area contributed by atoms with E-state index in [0.29, 0.717) is 13.3 Å². The molecule has 2 aromatic rings. The number of anilines is 1. The lowest BCUT2D eigenvalue weighted by Gasteiger charge is -2.35. The van der Waals surface area contributed by atoms with Crippen molar-refractivity contribution in [3.8, 4) is 17.2 Å². The van der Waals surface area contributed by atoms with Gasteiger partial charge in [-0.3, -0.25) is 9.69 Å². The van der Waals surface area contributed by atoms with Crippen LogP contribution in [0.3, 0.4) is 0 Å². The maximum Gasteiger partial charge on any atom is 0.242 e. The van der Waals surface area contributed by atoms with Gasteiger partial charge in [-0.2, -0.15) is 0 Å². The van der Waals surface area contributed by atoms with Gasteiger partial charge in [0.2, 0.25) is 12.7 Å². The Labute approximate surface area is 177 Å². The van der Waals surface area contributed by atoms with E-state index in [1.807, 2.05) is 48.0 Å². The minimum atomic E-state index is 0.161. The number of carbonyl (C=O) groups excluding carboxylic acids is 1. The van der Waals surface area contributed by atoms with Gasteiger partial charge in [0.1, 0.15) is 5.75 Å². The van der Waals surface area contributed by atoms with Gasteiger partial charge in [-0.15, -0.1) is 0 Å². The van der Waals surface area contributed by atoms with Crippen LogP contribution in [0.2, 0.25) is 0 Å². The van der Waals surface area contributed by atoms with Crippen LogP contribution in [0.15, 0.2) is 36.4 Å². The quantitative estimate of drug-likeness (QED) is 0.728. The van der Waals surface area contributed by atoms with Gasteiger partial charge in [-0.05, 0) is 48.4 Å². The Hall–Kier alpha value is -2.93. The predicted octanol–water partition coefficient (Wildman–Crippen LogP) is 2.51. The summed E-state index contributed by atoms with van der Waals surface area (Å²) in [5.74, 6) is 2.65. The second kappa shape index (κ2) is 8.83. The first kappa shape index (κ1) is 20.3. The van der Waals surface area contributed by atoms with Crippen LogP contribution in [-0.4, -0.2) is 69.4 Å². The van der Waals surface area contributed by atoms with Crippen molar-refractivity contribution in [1.82, 2.24) is 9.80 Å². The van der Waals surface area contributed by atoms with E-state index in [4.69, 9.17) is 14.2 Å². The monoisotopic (exact) mass is 411 g/mol. The highest BCUT2D eigenvalue weighted by atomic mass is 16.7. The van der Waals surface area contributed by atoms with Crippen molar-refractivity contribution in [2.45, 2.75) is 13.5 Å². The molecule has 1 saturated heterocycles. The smallest absolute Gasteiger partial charge is 0.242 e. The van der Waals surface area contributed by atoms with E-state index in [1.54, 1.807) is 7.11 Å². The molecule has 4 rings (SSSR count). The largest absolute Gasteiger partial charge is 0.496 e. The third-order valence-electron chi connectivity index (χ3n) is 5.76. The van der Waals surface area contributed by atoms with Crippen LogP contribution in [0.5, 0.6) is 17.2 Å². The molecule has 0 saturated carbocycles. The number of hydrogen-bond acceptors (Lipinski definition) is 6. The van der Waals surface area contributed by atoms with Gasteiger partial charge in [0.15, 0.2) is 11.5 Å². The summed E-state index contributed by atoms with van der Waals surface area (Å²) in [6.45, 7) is 6.76. The molecule has 2 aromatic carbocycles. The number of aryl methyl sites for hydroxylation is 1. The van der Waals surface area contributed by atoms with Crippen LogP contribution in [0.25, 0.3) is 0 Å². The average Bonchev–Trinajstić information content (AvgIpc) is 3.22. The normalized spacial score (nSPS) is 15.9. The van der Waals surface area contributed by atoms with Gasteiger partial charge >= 0.3 is 0 Å². The molecule has 1 fully saturated rings.